The van der Waals surface area contributed by atoms with Crippen LogP contribution in [0.15, 0.2) is 69.9 Å². The topological polar surface area (TPSA) is 65.2 Å². The normalized spacial score (nSPS) is 15.0. The van der Waals surface area contributed by atoms with Gasteiger partial charge in [-0.25, -0.2) is 4.98 Å². The Kier molecular flexibility index (Phi) is 6.07. The number of aromatic nitrogens is 1. The molecule has 3 aromatic rings. The van der Waals surface area contributed by atoms with E-state index < -0.39 is 0 Å². The molecule has 1 aliphatic heterocycles. The van der Waals surface area contributed by atoms with Gasteiger partial charge in [0.05, 0.1) is 5.69 Å². The van der Waals surface area contributed by atoms with Crippen molar-refractivity contribution in [3.05, 3.63) is 60.2 Å². The lowest BCUT2D eigenvalue weighted by molar-refractivity contribution is 0.336. The highest BCUT2D eigenvalue weighted by Crippen LogP contribution is 2.39. The molecule has 1 aromatic heterocycles. The van der Waals surface area contributed by atoms with Crippen molar-refractivity contribution in [3.8, 4) is 11.3 Å². The van der Waals surface area contributed by atoms with Gasteiger partial charge in [0.25, 0.3) is 0 Å². The van der Waals surface area contributed by atoms with Crippen LogP contribution in [0.1, 0.15) is 18.4 Å². The minimum Gasteiger partial charge on any atom is -0.306 e. The summed E-state index contributed by atoms with van der Waals surface area (Å²) in [7, 11) is 2.14. The molecule has 29 heavy (non-hydrogen) atoms. The number of hydrogen-bond donors (Lipinski definition) is 1. The molecule has 1 saturated heterocycles. The van der Waals surface area contributed by atoms with E-state index >= 15 is 0 Å². The van der Waals surface area contributed by atoms with Crippen molar-refractivity contribution in [3.63, 3.8) is 0 Å². The van der Waals surface area contributed by atoms with Crippen LogP contribution in [-0.4, -0.2) is 35.7 Å². The van der Waals surface area contributed by atoms with Gasteiger partial charge in [0, 0.05) is 37.2 Å². The third-order valence-electron chi connectivity index (χ3n) is 4.82. The maximum Gasteiger partial charge on any atom is 0.206 e. The highest BCUT2D eigenvalue weighted by atomic mass is 32.1. The molecule has 0 aliphatic carbocycles. The Bertz CT molecular complexity index is 998. The number of likely N-dealkylation sites (tertiary alicyclic amines) is 1. The lowest BCUT2D eigenvalue weighted by Gasteiger charge is -2.22. The van der Waals surface area contributed by atoms with E-state index in [4.69, 9.17) is 4.98 Å². The van der Waals surface area contributed by atoms with Crippen molar-refractivity contribution in [2.75, 3.05) is 25.6 Å². The number of thiazole rings is 1. The van der Waals surface area contributed by atoms with Crippen molar-refractivity contribution in [1.29, 1.82) is 0 Å². The molecule has 7 heteroatoms. The SMILES string of the molecule is Cc1ccc(N=Nc2sc(NN=C3CCN(C)CC3)nc2-c2ccccc2)cc1. The molecular formula is C22H24N6S. The average molecular weight is 405 g/mol. The van der Waals surface area contributed by atoms with Gasteiger partial charge in [0.2, 0.25) is 5.13 Å². The van der Waals surface area contributed by atoms with Gasteiger partial charge >= 0.3 is 0 Å². The first-order chi connectivity index (χ1) is 14.2. The number of aryl methyl sites for hydroxylation is 1. The molecule has 0 saturated carbocycles. The summed E-state index contributed by atoms with van der Waals surface area (Å²) in [5.41, 5.74) is 8.18. The van der Waals surface area contributed by atoms with Gasteiger partial charge < -0.3 is 4.90 Å². The van der Waals surface area contributed by atoms with Gasteiger partial charge in [-0.3, -0.25) is 5.43 Å². The molecule has 0 radical (unpaired) electrons. The van der Waals surface area contributed by atoms with E-state index in [1.54, 1.807) is 0 Å². The number of nitrogens with one attached hydrogen (secondary N) is 1. The fourth-order valence-electron chi connectivity index (χ4n) is 3.04. The molecule has 0 bridgehead atoms. The van der Waals surface area contributed by atoms with E-state index in [0.717, 1.165) is 53.0 Å². The number of hydrogen-bond acceptors (Lipinski definition) is 7. The Morgan fingerprint density at radius 3 is 2.41 bits per heavy atom. The van der Waals surface area contributed by atoms with Crippen LogP contribution < -0.4 is 5.43 Å². The molecule has 0 amide bonds. The number of azo groups is 1. The zero-order valence-corrected chi connectivity index (χ0v) is 17.5. The molecule has 1 fully saturated rings. The second kappa shape index (κ2) is 9.07. The van der Waals surface area contributed by atoms with Gasteiger partial charge in [-0.2, -0.15) is 5.10 Å². The zero-order chi connectivity index (χ0) is 20.1. The third kappa shape index (κ3) is 5.13. The summed E-state index contributed by atoms with van der Waals surface area (Å²) in [5.74, 6) is 0. The van der Waals surface area contributed by atoms with Crippen molar-refractivity contribution in [2.45, 2.75) is 19.8 Å². The lowest BCUT2D eigenvalue weighted by Crippen LogP contribution is -2.30. The first-order valence-electron chi connectivity index (χ1n) is 9.72. The second-order valence-electron chi connectivity index (χ2n) is 7.17. The zero-order valence-electron chi connectivity index (χ0n) is 16.7. The van der Waals surface area contributed by atoms with Crippen LogP contribution in [0.25, 0.3) is 11.3 Å². The Balaban J connectivity index is 1.59. The molecule has 0 atom stereocenters. The second-order valence-corrected chi connectivity index (χ2v) is 8.14. The Morgan fingerprint density at radius 1 is 0.966 bits per heavy atom. The van der Waals surface area contributed by atoms with E-state index in [2.05, 4.69) is 39.6 Å². The molecule has 1 aliphatic rings. The first kappa shape index (κ1) is 19.4. The summed E-state index contributed by atoms with van der Waals surface area (Å²) in [5, 5.41) is 15.0. The molecule has 4 rings (SSSR count). The highest BCUT2D eigenvalue weighted by Gasteiger charge is 2.14. The van der Waals surface area contributed by atoms with Crippen LogP contribution in [0.5, 0.6) is 0 Å². The van der Waals surface area contributed by atoms with Crippen molar-refractivity contribution in [2.24, 2.45) is 15.3 Å². The Labute approximate surface area is 175 Å². The van der Waals surface area contributed by atoms with E-state index in [-0.39, 0.29) is 0 Å². The molecule has 0 spiro atoms. The molecular weight excluding hydrogens is 380 g/mol. The Hall–Kier alpha value is -2.90. The summed E-state index contributed by atoms with van der Waals surface area (Å²) in [6, 6.07) is 18.1. The lowest BCUT2D eigenvalue weighted by atomic mass is 10.1. The number of piperidine rings is 1. The van der Waals surface area contributed by atoms with E-state index in [1.807, 2.05) is 54.6 Å². The fraction of sp³-hybridized carbons (Fsp3) is 0.273. The number of hydrazone groups is 1. The van der Waals surface area contributed by atoms with Crippen LogP contribution in [-0.2, 0) is 0 Å². The maximum atomic E-state index is 4.74. The minimum atomic E-state index is 0.730. The minimum absolute atomic E-state index is 0.730. The fourth-order valence-corrected chi connectivity index (χ4v) is 3.79. The van der Waals surface area contributed by atoms with Crippen molar-refractivity contribution < 1.29 is 0 Å². The number of anilines is 1. The molecule has 2 heterocycles. The summed E-state index contributed by atoms with van der Waals surface area (Å²) >= 11 is 1.47. The monoisotopic (exact) mass is 404 g/mol. The van der Waals surface area contributed by atoms with Gasteiger partial charge in [-0.1, -0.05) is 59.4 Å². The first-order valence-corrected chi connectivity index (χ1v) is 10.5. The van der Waals surface area contributed by atoms with Crippen LogP contribution in [0.4, 0.5) is 15.8 Å². The number of rotatable bonds is 5. The molecule has 148 valence electrons. The molecule has 6 nitrogen and oxygen atoms in total. The van der Waals surface area contributed by atoms with Gasteiger partial charge in [0.1, 0.15) is 5.69 Å². The third-order valence-corrected chi connectivity index (χ3v) is 5.66. The van der Waals surface area contributed by atoms with E-state index in [9.17, 15) is 0 Å². The largest absolute Gasteiger partial charge is 0.306 e. The van der Waals surface area contributed by atoms with E-state index in [0.29, 0.717) is 0 Å². The number of nitrogens with zero attached hydrogens (tertiary/aromatic N) is 5. The summed E-state index contributed by atoms with van der Waals surface area (Å²) in [6.07, 6.45) is 1.97. The van der Waals surface area contributed by atoms with Crippen LogP contribution >= 0.6 is 11.3 Å². The predicted octanol–water partition coefficient (Wildman–Crippen LogP) is 6.03. The van der Waals surface area contributed by atoms with Crippen LogP contribution in [0.3, 0.4) is 0 Å². The average Bonchev–Trinajstić information content (AvgIpc) is 3.17. The summed E-state index contributed by atoms with van der Waals surface area (Å²) in [4.78, 5) is 7.06. The standard InChI is InChI=1S/C22H24N6S/c1-16-8-10-18(11-9-16)24-26-21-20(17-6-4-3-5-7-17)23-22(29-21)27-25-19-12-14-28(2)15-13-19/h3-11H,12-15H2,1-2H3,(H,23,27). The van der Waals surface area contributed by atoms with Gasteiger partial charge in [-0.15, -0.1) is 10.2 Å². The summed E-state index contributed by atoms with van der Waals surface area (Å²) in [6.45, 7) is 4.15. The maximum absolute atomic E-state index is 4.74. The smallest absolute Gasteiger partial charge is 0.206 e. The van der Waals surface area contributed by atoms with Crippen molar-refractivity contribution in [1.82, 2.24) is 9.88 Å². The molecule has 0 unspecified atom stereocenters. The van der Waals surface area contributed by atoms with Crippen molar-refractivity contribution >= 4 is 32.9 Å². The summed E-state index contributed by atoms with van der Waals surface area (Å²) < 4.78 is 0. The van der Waals surface area contributed by atoms with Crippen LogP contribution in [0.2, 0.25) is 0 Å². The highest BCUT2D eigenvalue weighted by molar-refractivity contribution is 7.19. The quantitative estimate of drug-likeness (QED) is 0.417. The predicted molar refractivity (Wildman–Crippen MR) is 121 cm³/mol. The van der Waals surface area contributed by atoms with Gasteiger partial charge in [0.15, 0.2) is 5.00 Å². The van der Waals surface area contributed by atoms with Crippen LogP contribution in [0, 0.1) is 6.92 Å². The Morgan fingerprint density at radius 2 is 1.69 bits per heavy atom. The van der Waals surface area contributed by atoms with Gasteiger partial charge in [-0.05, 0) is 26.1 Å². The molecule has 1 N–H and O–H groups in total. The number of benzene rings is 2. The molecule has 2 aromatic carbocycles. The van der Waals surface area contributed by atoms with E-state index in [1.165, 1.54) is 22.6 Å².